The number of carbonyl (C=O) groups is 1. The highest BCUT2D eigenvalue weighted by atomic mass is 79.9. The molecule has 0 atom stereocenters. The molecule has 0 aliphatic carbocycles. The summed E-state index contributed by atoms with van der Waals surface area (Å²) in [4.78, 5) is 11.1. The fourth-order valence-corrected chi connectivity index (χ4v) is 1.52. The number of alkyl halides is 1. The van der Waals surface area contributed by atoms with E-state index in [1.165, 1.54) is 0 Å². The van der Waals surface area contributed by atoms with E-state index >= 15 is 0 Å². The standard InChI is InChI=1S/C10H7BrClNO/c11-10-2-1-7(6-13)3-8(10)4-9(14)5-12/h1-3H,4-5H2. The molecular formula is C10H7BrClNO. The number of ketones is 1. The van der Waals surface area contributed by atoms with E-state index in [1.54, 1.807) is 18.2 Å². The van der Waals surface area contributed by atoms with Gasteiger partial charge >= 0.3 is 0 Å². The van der Waals surface area contributed by atoms with E-state index in [1.807, 2.05) is 6.07 Å². The third-order valence-corrected chi connectivity index (χ3v) is 2.78. The van der Waals surface area contributed by atoms with E-state index in [0.29, 0.717) is 5.56 Å². The van der Waals surface area contributed by atoms with Crippen molar-refractivity contribution >= 4 is 33.3 Å². The second-order valence-corrected chi connectivity index (χ2v) is 3.89. The summed E-state index contributed by atoms with van der Waals surface area (Å²) in [6.45, 7) is 0. The molecule has 0 radical (unpaired) electrons. The Labute approximate surface area is 95.6 Å². The highest BCUT2D eigenvalue weighted by molar-refractivity contribution is 9.10. The summed E-state index contributed by atoms with van der Waals surface area (Å²) in [7, 11) is 0. The zero-order valence-electron chi connectivity index (χ0n) is 7.26. The van der Waals surface area contributed by atoms with Crippen LogP contribution in [0.25, 0.3) is 0 Å². The van der Waals surface area contributed by atoms with Crippen LogP contribution in [-0.2, 0) is 11.2 Å². The first kappa shape index (κ1) is 11.2. The van der Waals surface area contributed by atoms with Gasteiger partial charge in [-0.25, -0.2) is 0 Å². The van der Waals surface area contributed by atoms with Gasteiger partial charge in [-0.1, -0.05) is 15.9 Å². The minimum Gasteiger partial charge on any atom is -0.298 e. The molecule has 0 aliphatic rings. The molecule has 0 spiro atoms. The Hall–Kier alpha value is -0.850. The predicted molar refractivity (Wildman–Crippen MR) is 58.3 cm³/mol. The lowest BCUT2D eigenvalue weighted by molar-refractivity contribution is -0.116. The van der Waals surface area contributed by atoms with Gasteiger partial charge in [-0.15, -0.1) is 11.6 Å². The van der Waals surface area contributed by atoms with E-state index in [2.05, 4.69) is 15.9 Å². The molecule has 4 heteroatoms. The number of hydrogen-bond acceptors (Lipinski definition) is 2. The number of rotatable bonds is 3. The zero-order chi connectivity index (χ0) is 10.6. The van der Waals surface area contributed by atoms with Crippen LogP contribution >= 0.6 is 27.5 Å². The summed E-state index contributed by atoms with van der Waals surface area (Å²) in [5.41, 5.74) is 1.35. The molecular weight excluding hydrogens is 265 g/mol. The normalized spacial score (nSPS) is 9.50. The third kappa shape index (κ3) is 2.83. The Morgan fingerprint density at radius 3 is 2.86 bits per heavy atom. The first-order chi connectivity index (χ1) is 6.67. The highest BCUT2D eigenvalue weighted by Gasteiger charge is 2.06. The maximum absolute atomic E-state index is 11.1. The van der Waals surface area contributed by atoms with Gasteiger partial charge in [0.25, 0.3) is 0 Å². The lowest BCUT2D eigenvalue weighted by Crippen LogP contribution is -2.04. The molecule has 0 aromatic heterocycles. The van der Waals surface area contributed by atoms with Crippen molar-refractivity contribution in [2.24, 2.45) is 0 Å². The molecule has 0 fully saturated rings. The van der Waals surface area contributed by atoms with Crippen LogP contribution in [0.1, 0.15) is 11.1 Å². The summed E-state index contributed by atoms with van der Waals surface area (Å²) in [5.74, 6) is -0.0501. The third-order valence-electron chi connectivity index (χ3n) is 1.71. The number of halogens is 2. The fourth-order valence-electron chi connectivity index (χ4n) is 1.04. The molecule has 0 N–H and O–H groups in total. The number of Topliss-reactive ketones (excluding diaryl/α,β-unsaturated/α-hetero) is 1. The van der Waals surface area contributed by atoms with Gasteiger partial charge in [0.1, 0.15) is 0 Å². The zero-order valence-corrected chi connectivity index (χ0v) is 9.60. The molecule has 0 heterocycles. The van der Waals surface area contributed by atoms with Gasteiger partial charge in [0.05, 0.1) is 17.5 Å². The Morgan fingerprint density at radius 2 is 2.29 bits per heavy atom. The van der Waals surface area contributed by atoms with Gasteiger partial charge in [-0.3, -0.25) is 4.79 Å². The molecule has 1 aromatic rings. The van der Waals surface area contributed by atoms with Crippen LogP contribution in [-0.4, -0.2) is 11.7 Å². The molecule has 0 amide bonds. The van der Waals surface area contributed by atoms with E-state index in [-0.39, 0.29) is 18.1 Å². The van der Waals surface area contributed by atoms with Crippen LogP contribution in [0.5, 0.6) is 0 Å². The largest absolute Gasteiger partial charge is 0.298 e. The average Bonchev–Trinajstić information content (AvgIpc) is 2.21. The molecule has 1 aromatic carbocycles. The maximum Gasteiger partial charge on any atom is 0.151 e. The topological polar surface area (TPSA) is 40.9 Å². The lowest BCUT2D eigenvalue weighted by atomic mass is 10.1. The molecule has 14 heavy (non-hydrogen) atoms. The number of carbonyl (C=O) groups excluding carboxylic acids is 1. The van der Waals surface area contributed by atoms with Gasteiger partial charge in [-0.05, 0) is 23.8 Å². The molecule has 2 nitrogen and oxygen atoms in total. The van der Waals surface area contributed by atoms with Gasteiger partial charge in [0, 0.05) is 10.9 Å². The van der Waals surface area contributed by atoms with Crippen LogP contribution in [0.3, 0.4) is 0 Å². The Morgan fingerprint density at radius 1 is 1.57 bits per heavy atom. The second kappa shape index (κ2) is 5.14. The first-order valence-electron chi connectivity index (χ1n) is 3.93. The SMILES string of the molecule is N#Cc1ccc(Br)c(CC(=O)CCl)c1. The molecule has 0 saturated heterocycles. The van der Waals surface area contributed by atoms with Crippen molar-refractivity contribution in [3.8, 4) is 6.07 Å². The summed E-state index contributed by atoms with van der Waals surface area (Å²) in [6.07, 6.45) is 0.263. The van der Waals surface area contributed by atoms with Crippen molar-refractivity contribution in [2.45, 2.75) is 6.42 Å². The smallest absolute Gasteiger partial charge is 0.151 e. The van der Waals surface area contributed by atoms with Crippen LogP contribution in [0, 0.1) is 11.3 Å². The molecule has 0 aliphatic heterocycles. The second-order valence-electron chi connectivity index (χ2n) is 2.77. The summed E-state index contributed by atoms with van der Waals surface area (Å²) in [5, 5.41) is 8.67. The predicted octanol–water partition coefficient (Wildman–Crippen LogP) is 2.67. The number of benzene rings is 1. The number of hydrogen-bond donors (Lipinski definition) is 0. The Balaban J connectivity index is 2.96. The monoisotopic (exact) mass is 271 g/mol. The van der Waals surface area contributed by atoms with Crippen molar-refractivity contribution in [1.29, 1.82) is 5.26 Å². The van der Waals surface area contributed by atoms with Crippen LogP contribution in [0.15, 0.2) is 22.7 Å². The van der Waals surface area contributed by atoms with Crippen molar-refractivity contribution in [2.75, 3.05) is 5.88 Å². The van der Waals surface area contributed by atoms with Gasteiger partial charge < -0.3 is 0 Å². The van der Waals surface area contributed by atoms with Crippen molar-refractivity contribution in [3.05, 3.63) is 33.8 Å². The summed E-state index contributed by atoms with van der Waals surface area (Å²) in [6, 6.07) is 7.16. The van der Waals surface area contributed by atoms with E-state index in [4.69, 9.17) is 16.9 Å². The average molecular weight is 273 g/mol. The minimum atomic E-state index is -0.0533. The van der Waals surface area contributed by atoms with Crippen molar-refractivity contribution in [1.82, 2.24) is 0 Å². The molecule has 0 unspecified atom stereocenters. The lowest BCUT2D eigenvalue weighted by Gasteiger charge is -2.02. The van der Waals surface area contributed by atoms with E-state index < -0.39 is 0 Å². The van der Waals surface area contributed by atoms with Gasteiger partial charge in [0.2, 0.25) is 0 Å². The van der Waals surface area contributed by atoms with Crippen LogP contribution in [0.2, 0.25) is 0 Å². The minimum absolute atomic E-state index is 0.00320. The quantitative estimate of drug-likeness (QED) is 0.794. The maximum atomic E-state index is 11.1. The molecule has 0 bridgehead atoms. The van der Waals surface area contributed by atoms with E-state index in [0.717, 1.165) is 10.0 Å². The van der Waals surface area contributed by atoms with E-state index in [9.17, 15) is 4.79 Å². The van der Waals surface area contributed by atoms with Gasteiger partial charge in [0.15, 0.2) is 5.78 Å². The molecule has 0 saturated carbocycles. The van der Waals surface area contributed by atoms with Gasteiger partial charge in [-0.2, -0.15) is 5.26 Å². The molecule has 72 valence electrons. The van der Waals surface area contributed by atoms with Crippen LogP contribution < -0.4 is 0 Å². The number of nitrogens with zero attached hydrogens (tertiary/aromatic N) is 1. The first-order valence-corrected chi connectivity index (χ1v) is 5.26. The Kier molecular flexibility index (Phi) is 4.12. The fraction of sp³-hybridized carbons (Fsp3) is 0.200. The summed E-state index contributed by atoms with van der Waals surface area (Å²) >= 11 is 8.71. The van der Waals surface area contributed by atoms with Crippen molar-refractivity contribution in [3.63, 3.8) is 0 Å². The van der Waals surface area contributed by atoms with Crippen molar-refractivity contribution < 1.29 is 4.79 Å². The summed E-state index contributed by atoms with van der Waals surface area (Å²) < 4.78 is 0.829. The highest BCUT2D eigenvalue weighted by Crippen LogP contribution is 2.18. The molecule has 1 rings (SSSR count). The number of nitriles is 1. The Bertz CT molecular complexity index is 398. The van der Waals surface area contributed by atoms with Crippen LogP contribution in [0.4, 0.5) is 0 Å².